The minimum Gasteiger partial charge on any atom is -0.388 e. The van der Waals surface area contributed by atoms with Crippen LogP contribution in [-0.4, -0.2) is 9.67 Å². The average Bonchev–Trinajstić information content (AvgIpc) is 2.84. The van der Waals surface area contributed by atoms with Crippen molar-refractivity contribution in [1.29, 1.82) is 0 Å². The van der Waals surface area contributed by atoms with Gasteiger partial charge < -0.3 is 9.67 Å². The first-order valence-electron chi connectivity index (χ1n) is 6.38. The molecule has 0 saturated heterocycles. The highest BCUT2D eigenvalue weighted by atomic mass is 79.9. The lowest BCUT2D eigenvalue weighted by Crippen LogP contribution is -1.99. The van der Waals surface area contributed by atoms with Crippen LogP contribution in [-0.2, 0) is 6.54 Å². The minimum atomic E-state index is -0.415. The highest BCUT2D eigenvalue weighted by molar-refractivity contribution is 9.10. The van der Waals surface area contributed by atoms with E-state index in [0.717, 1.165) is 24.0 Å². The Morgan fingerprint density at radius 2 is 2.16 bits per heavy atom. The number of benzene rings is 1. The molecule has 2 rings (SSSR count). The molecule has 2 aromatic rings. The molecule has 4 heteroatoms. The minimum absolute atomic E-state index is 0.254. The molecule has 1 N–H and O–H groups in total. The number of rotatable bonds is 5. The van der Waals surface area contributed by atoms with Crippen LogP contribution >= 0.6 is 15.9 Å². The molecule has 1 atom stereocenters. The summed E-state index contributed by atoms with van der Waals surface area (Å²) in [7, 11) is 0. The van der Waals surface area contributed by atoms with Crippen molar-refractivity contribution in [1.82, 2.24) is 4.57 Å². The van der Waals surface area contributed by atoms with Crippen LogP contribution in [0.2, 0.25) is 0 Å². The van der Waals surface area contributed by atoms with E-state index in [4.69, 9.17) is 0 Å². The van der Waals surface area contributed by atoms with E-state index in [1.807, 2.05) is 36.0 Å². The lowest BCUT2D eigenvalue weighted by Gasteiger charge is -2.08. The first kappa shape index (κ1) is 14.3. The fourth-order valence-corrected chi connectivity index (χ4v) is 2.45. The smallest absolute Gasteiger partial charge is 0.137 e. The lowest BCUT2D eigenvalue weighted by molar-refractivity contribution is 0.166. The predicted octanol–water partition coefficient (Wildman–Crippen LogP) is 4.27. The van der Waals surface area contributed by atoms with Crippen LogP contribution in [0.25, 0.3) is 0 Å². The number of halogens is 2. The average molecular weight is 326 g/mol. The molecule has 102 valence electrons. The molecular weight excluding hydrogens is 309 g/mol. The van der Waals surface area contributed by atoms with E-state index in [-0.39, 0.29) is 5.82 Å². The Balaban J connectivity index is 2.14. The van der Waals surface area contributed by atoms with Gasteiger partial charge in [0.05, 0.1) is 10.6 Å². The Morgan fingerprint density at radius 3 is 2.89 bits per heavy atom. The van der Waals surface area contributed by atoms with E-state index in [0.29, 0.717) is 11.0 Å². The van der Waals surface area contributed by atoms with E-state index in [9.17, 15) is 9.50 Å². The summed E-state index contributed by atoms with van der Waals surface area (Å²) in [5.41, 5.74) is 1.79. The molecule has 0 aliphatic carbocycles. The Labute approximate surface area is 121 Å². The SMILES string of the molecule is CCCC(O)c1ccn(Cc2cccc(F)c2Br)c1. The molecule has 0 saturated carbocycles. The van der Waals surface area contributed by atoms with Crippen molar-refractivity contribution in [2.75, 3.05) is 0 Å². The number of aliphatic hydroxyl groups excluding tert-OH is 1. The summed E-state index contributed by atoms with van der Waals surface area (Å²) in [4.78, 5) is 0. The zero-order valence-electron chi connectivity index (χ0n) is 10.8. The maximum atomic E-state index is 13.4. The fourth-order valence-electron chi connectivity index (χ4n) is 2.06. The number of nitrogens with zero attached hydrogens (tertiary/aromatic N) is 1. The van der Waals surface area contributed by atoms with Gasteiger partial charge in [0.15, 0.2) is 0 Å². The molecule has 19 heavy (non-hydrogen) atoms. The molecule has 1 heterocycles. The summed E-state index contributed by atoms with van der Waals surface area (Å²) in [5, 5.41) is 9.92. The molecule has 0 aliphatic rings. The van der Waals surface area contributed by atoms with Crippen molar-refractivity contribution < 1.29 is 9.50 Å². The normalized spacial score (nSPS) is 12.6. The van der Waals surface area contributed by atoms with Gasteiger partial charge in [-0.3, -0.25) is 0 Å². The Kier molecular flexibility index (Phi) is 4.77. The van der Waals surface area contributed by atoms with Gasteiger partial charge in [0, 0.05) is 18.9 Å². The van der Waals surface area contributed by atoms with Crippen molar-refractivity contribution in [3.05, 3.63) is 58.1 Å². The van der Waals surface area contributed by atoms with Crippen LogP contribution in [0, 0.1) is 5.82 Å². The topological polar surface area (TPSA) is 25.2 Å². The van der Waals surface area contributed by atoms with Gasteiger partial charge in [0.25, 0.3) is 0 Å². The fraction of sp³-hybridized carbons (Fsp3) is 0.333. The third kappa shape index (κ3) is 3.45. The van der Waals surface area contributed by atoms with E-state index in [1.54, 1.807) is 6.07 Å². The second-order valence-corrected chi connectivity index (χ2v) is 5.43. The van der Waals surface area contributed by atoms with Crippen LogP contribution in [0.15, 0.2) is 41.1 Å². The lowest BCUT2D eigenvalue weighted by atomic mass is 10.1. The zero-order valence-corrected chi connectivity index (χ0v) is 12.4. The van der Waals surface area contributed by atoms with Gasteiger partial charge in [0.1, 0.15) is 5.82 Å². The van der Waals surface area contributed by atoms with Gasteiger partial charge >= 0.3 is 0 Å². The van der Waals surface area contributed by atoms with Crippen molar-refractivity contribution in [2.24, 2.45) is 0 Å². The van der Waals surface area contributed by atoms with E-state index in [1.165, 1.54) is 6.07 Å². The van der Waals surface area contributed by atoms with E-state index in [2.05, 4.69) is 15.9 Å². The standard InChI is InChI=1S/C15H17BrFNO/c1-2-4-14(19)11-7-8-18(9-11)10-12-5-3-6-13(17)15(12)16/h3,5-9,14,19H,2,4,10H2,1H3. The molecule has 1 aromatic heterocycles. The summed E-state index contributed by atoms with van der Waals surface area (Å²) in [6.45, 7) is 2.63. The Bertz CT molecular complexity index is 553. The van der Waals surface area contributed by atoms with Gasteiger partial charge in [-0.25, -0.2) is 4.39 Å². The van der Waals surface area contributed by atoms with Crippen molar-refractivity contribution >= 4 is 15.9 Å². The maximum Gasteiger partial charge on any atom is 0.137 e. The van der Waals surface area contributed by atoms with Crippen LogP contribution in [0.5, 0.6) is 0 Å². The van der Waals surface area contributed by atoms with Crippen molar-refractivity contribution in [3.63, 3.8) is 0 Å². The first-order chi connectivity index (χ1) is 9.11. The van der Waals surface area contributed by atoms with Gasteiger partial charge in [-0.1, -0.05) is 25.5 Å². The first-order valence-corrected chi connectivity index (χ1v) is 7.17. The van der Waals surface area contributed by atoms with Crippen molar-refractivity contribution in [3.8, 4) is 0 Å². The van der Waals surface area contributed by atoms with Gasteiger partial charge in [-0.05, 0) is 45.6 Å². The van der Waals surface area contributed by atoms with Gasteiger partial charge in [-0.15, -0.1) is 0 Å². The molecule has 2 nitrogen and oxygen atoms in total. The summed E-state index contributed by atoms with van der Waals surface area (Å²) in [5.74, 6) is -0.254. The van der Waals surface area contributed by atoms with Gasteiger partial charge in [0.2, 0.25) is 0 Å². The molecular formula is C15H17BrFNO. The van der Waals surface area contributed by atoms with Crippen LogP contribution in [0.4, 0.5) is 4.39 Å². The quantitative estimate of drug-likeness (QED) is 0.872. The predicted molar refractivity (Wildman–Crippen MR) is 77.5 cm³/mol. The van der Waals surface area contributed by atoms with Gasteiger partial charge in [-0.2, -0.15) is 0 Å². The molecule has 0 bridgehead atoms. The number of hydrogen-bond acceptors (Lipinski definition) is 1. The van der Waals surface area contributed by atoms with Crippen LogP contribution < -0.4 is 0 Å². The number of aliphatic hydroxyl groups is 1. The largest absolute Gasteiger partial charge is 0.388 e. The summed E-state index contributed by atoms with van der Waals surface area (Å²) in [6.07, 6.45) is 5.11. The Morgan fingerprint density at radius 1 is 1.37 bits per heavy atom. The molecule has 0 radical (unpaired) electrons. The van der Waals surface area contributed by atoms with Crippen LogP contribution in [0.1, 0.15) is 37.0 Å². The highest BCUT2D eigenvalue weighted by Gasteiger charge is 2.09. The molecule has 0 amide bonds. The Hall–Kier alpha value is -1.13. The molecule has 1 aromatic carbocycles. The third-order valence-electron chi connectivity index (χ3n) is 3.10. The number of hydrogen-bond donors (Lipinski definition) is 1. The molecule has 1 unspecified atom stereocenters. The molecule has 0 fully saturated rings. The molecule has 0 spiro atoms. The third-order valence-corrected chi connectivity index (χ3v) is 3.99. The summed E-state index contributed by atoms with van der Waals surface area (Å²) < 4.78 is 15.9. The van der Waals surface area contributed by atoms with Crippen LogP contribution in [0.3, 0.4) is 0 Å². The second-order valence-electron chi connectivity index (χ2n) is 4.63. The molecule has 0 aliphatic heterocycles. The maximum absolute atomic E-state index is 13.4. The number of aromatic nitrogens is 1. The van der Waals surface area contributed by atoms with E-state index >= 15 is 0 Å². The summed E-state index contributed by atoms with van der Waals surface area (Å²) in [6, 6.07) is 6.92. The highest BCUT2D eigenvalue weighted by Crippen LogP contribution is 2.23. The zero-order chi connectivity index (χ0) is 13.8. The second kappa shape index (κ2) is 6.35. The monoisotopic (exact) mass is 325 g/mol. The summed E-state index contributed by atoms with van der Waals surface area (Å²) >= 11 is 3.26. The van der Waals surface area contributed by atoms with Crippen molar-refractivity contribution in [2.45, 2.75) is 32.4 Å². The van der Waals surface area contributed by atoms with E-state index < -0.39 is 6.10 Å².